The summed E-state index contributed by atoms with van der Waals surface area (Å²) in [7, 11) is 0. The maximum atomic E-state index is 13.0. The molecule has 0 amide bonds. The zero-order chi connectivity index (χ0) is 14.5. The molecule has 1 aromatic rings. The average Bonchev–Trinajstić information content (AvgIpc) is 2.22. The summed E-state index contributed by atoms with van der Waals surface area (Å²) >= 11 is 0. The van der Waals surface area contributed by atoms with Crippen LogP contribution in [0.1, 0.15) is 25.3 Å². The van der Waals surface area contributed by atoms with Gasteiger partial charge in [0.05, 0.1) is 6.42 Å². The van der Waals surface area contributed by atoms with E-state index in [4.69, 9.17) is 0 Å². The predicted molar refractivity (Wildman–Crippen MR) is 62.8 cm³/mol. The van der Waals surface area contributed by atoms with Gasteiger partial charge in [0, 0.05) is 12.1 Å². The minimum atomic E-state index is -4.31. The highest BCUT2D eigenvalue weighted by atomic mass is 19.4. The molecule has 0 aliphatic rings. The second-order valence-electron chi connectivity index (χ2n) is 4.45. The summed E-state index contributed by atoms with van der Waals surface area (Å²) in [5.41, 5.74) is 0.218. The van der Waals surface area contributed by atoms with Crippen LogP contribution in [0.15, 0.2) is 18.2 Å². The highest BCUT2D eigenvalue weighted by Gasteiger charge is 2.31. The van der Waals surface area contributed by atoms with Gasteiger partial charge in [-0.25, -0.2) is 8.78 Å². The number of alkyl halides is 3. The smallest absolute Gasteiger partial charge is 0.313 e. The van der Waals surface area contributed by atoms with Crippen LogP contribution < -0.4 is 5.32 Å². The van der Waals surface area contributed by atoms with E-state index in [1.807, 2.05) is 6.92 Å². The third-order valence-corrected chi connectivity index (χ3v) is 2.57. The third kappa shape index (κ3) is 6.52. The SMILES string of the molecule is CCCNC(Cc1cc(F)cc(F)c1)CC(F)(F)F. The van der Waals surface area contributed by atoms with Crippen molar-refractivity contribution in [2.24, 2.45) is 0 Å². The highest BCUT2D eigenvalue weighted by molar-refractivity contribution is 5.19. The van der Waals surface area contributed by atoms with Gasteiger partial charge in [0.2, 0.25) is 0 Å². The maximum absolute atomic E-state index is 13.0. The Morgan fingerprint density at radius 3 is 2.16 bits per heavy atom. The number of nitrogens with one attached hydrogen (secondary N) is 1. The Balaban J connectivity index is 2.75. The molecule has 108 valence electrons. The minimum absolute atomic E-state index is 0.0613. The second kappa shape index (κ2) is 6.84. The fourth-order valence-electron chi connectivity index (χ4n) is 1.86. The van der Waals surface area contributed by atoms with E-state index in [9.17, 15) is 22.0 Å². The molecule has 1 nitrogen and oxygen atoms in total. The molecule has 0 saturated carbocycles. The van der Waals surface area contributed by atoms with Gasteiger partial charge in [0.25, 0.3) is 0 Å². The van der Waals surface area contributed by atoms with Crippen molar-refractivity contribution in [2.75, 3.05) is 6.54 Å². The predicted octanol–water partition coefficient (Wildman–Crippen LogP) is 3.83. The summed E-state index contributed by atoms with van der Waals surface area (Å²) in [5, 5.41) is 2.75. The Bertz CT molecular complexity index is 382. The molecule has 0 spiro atoms. The lowest BCUT2D eigenvalue weighted by Gasteiger charge is -2.20. The summed E-state index contributed by atoms with van der Waals surface area (Å²) < 4.78 is 63.2. The molecule has 6 heteroatoms. The van der Waals surface area contributed by atoms with Crippen LogP contribution in [0.2, 0.25) is 0 Å². The van der Waals surface area contributed by atoms with Crippen LogP contribution in [0.3, 0.4) is 0 Å². The van der Waals surface area contributed by atoms with Crippen LogP contribution in [0.4, 0.5) is 22.0 Å². The fourth-order valence-corrected chi connectivity index (χ4v) is 1.86. The van der Waals surface area contributed by atoms with Crippen LogP contribution in [0, 0.1) is 11.6 Å². The molecular weight excluding hydrogens is 265 g/mol. The van der Waals surface area contributed by atoms with E-state index in [2.05, 4.69) is 5.32 Å². The molecule has 0 fully saturated rings. The van der Waals surface area contributed by atoms with Gasteiger partial charge >= 0.3 is 6.18 Å². The van der Waals surface area contributed by atoms with Crippen LogP contribution in [0.5, 0.6) is 0 Å². The first-order valence-electron chi connectivity index (χ1n) is 6.05. The van der Waals surface area contributed by atoms with Crippen molar-refractivity contribution in [2.45, 2.75) is 38.4 Å². The van der Waals surface area contributed by atoms with E-state index < -0.39 is 30.3 Å². The summed E-state index contributed by atoms with van der Waals surface area (Å²) in [5.74, 6) is -1.56. The lowest BCUT2D eigenvalue weighted by atomic mass is 10.0. The number of hydrogen-bond donors (Lipinski definition) is 1. The molecule has 0 heterocycles. The number of hydrogen-bond acceptors (Lipinski definition) is 1. The minimum Gasteiger partial charge on any atom is -0.313 e. The molecule has 0 aromatic heterocycles. The Morgan fingerprint density at radius 1 is 1.11 bits per heavy atom. The molecule has 1 rings (SSSR count). The van der Waals surface area contributed by atoms with Gasteiger partial charge in [0.15, 0.2) is 0 Å². The van der Waals surface area contributed by atoms with Crippen LogP contribution >= 0.6 is 0 Å². The van der Waals surface area contributed by atoms with Crippen LogP contribution in [-0.4, -0.2) is 18.8 Å². The molecule has 1 aromatic carbocycles. The third-order valence-electron chi connectivity index (χ3n) is 2.57. The van der Waals surface area contributed by atoms with Crippen molar-refractivity contribution in [1.29, 1.82) is 0 Å². The van der Waals surface area contributed by atoms with E-state index in [1.165, 1.54) is 0 Å². The zero-order valence-electron chi connectivity index (χ0n) is 10.5. The molecule has 0 aliphatic heterocycles. The summed E-state index contributed by atoms with van der Waals surface area (Å²) in [6, 6.07) is 1.93. The molecule has 0 aliphatic carbocycles. The van der Waals surface area contributed by atoms with Crippen molar-refractivity contribution in [1.82, 2.24) is 5.32 Å². The number of benzene rings is 1. The first-order chi connectivity index (χ1) is 8.80. The Hall–Kier alpha value is -1.17. The normalized spacial score (nSPS) is 13.6. The van der Waals surface area contributed by atoms with Crippen molar-refractivity contribution >= 4 is 0 Å². The van der Waals surface area contributed by atoms with Crippen molar-refractivity contribution in [3.05, 3.63) is 35.4 Å². The van der Waals surface area contributed by atoms with Crippen molar-refractivity contribution in [3.63, 3.8) is 0 Å². The number of halogens is 5. The van der Waals surface area contributed by atoms with E-state index in [1.54, 1.807) is 0 Å². The quantitative estimate of drug-likeness (QED) is 0.781. The molecule has 0 saturated heterocycles. The Kier molecular flexibility index (Phi) is 5.72. The first-order valence-corrected chi connectivity index (χ1v) is 6.05. The van der Waals surface area contributed by atoms with Gasteiger partial charge in [-0.15, -0.1) is 0 Å². The monoisotopic (exact) mass is 281 g/mol. The topological polar surface area (TPSA) is 12.0 Å². The molecule has 1 atom stereocenters. The highest BCUT2D eigenvalue weighted by Crippen LogP contribution is 2.23. The summed E-state index contributed by atoms with van der Waals surface area (Å²) in [4.78, 5) is 0. The van der Waals surface area contributed by atoms with Crippen LogP contribution in [-0.2, 0) is 6.42 Å². The van der Waals surface area contributed by atoms with Gasteiger partial charge in [-0.3, -0.25) is 0 Å². The molecule has 1 N–H and O–H groups in total. The zero-order valence-corrected chi connectivity index (χ0v) is 10.5. The fraction of sp³-hybridized carbons (Fsp3) is 0.538. The van der Waals surface area contributed by atoms with Crippen LogP contribution in [0.25, 0.3) is 0 Å². The molecular formula is C13H16F5N. The molecule has 19 heavy (non-hydrogen) atoms. The van der Waals surface area contributed by atoms with Gasteiger partial charge in [0.1, 0.15) is 11.6 Å². The molecule has 0 bridgehead atoms. The van der Waals surface area contributed by atoms with E-state index >= 15 is 0 Å². The Morgan fingerprint density at radius 2 is 1.68 bits per heavy atom. The first kappa shape index (κ1) is 15.9. The lowest BCUT2D eigenvalue weighted by molar-refractivity contribution is -0.139. The molecule has 0 radical (unpaired) electrons. The largest absolute Gasteiger partial charge is 0.390 e. The van der Waals surface area contributed by atoms with Gasteiger partial charge < -0.3 is 5.32 Å². The Labute approximate surface area is 108 Å². The van der Waals surface area contributed by atoms with E-state index in [0.717, 1.165) is 12.1 Å². The van der Waals surface area contributed by atoms with Gasteiger partial charge in [-0.05, 0) is 37.1 Å². The van der Waals surface area contributed by atoms with Gasteiger partial charge in [-0.2, -0.15) is 13.2 Å². The van der Waals surface area contributed by atoms with E-state index in [0.29, 0.717) is 19.0 Å². The van der Waals surface area contributed by atoms with Crippen molar-refractivity contribution in [3.8, 4) is 0 Å². The standard InChI is InChI=1S/C13H16F5N/c1-2-3-19-12(8-13(16,17)18)6-9-4-10(14)7-11(15)5-9/h4-5,7,12,19H,2-3,6,8H2,1H3. The van der Waals surface area contributed by atoms with Gasteiger partial charge in [-0.1, -0.05) is 6.92 Å². The maximum Gasteiger partial charge on any atom is 0.390 e. The molecule has 1 unspecified atom stereocenters. The number of rotatable bonds is 6. The van der Waals surface area contributed by atoms with E-state index in [-0.39, 0.29) is 12.0 Å². The lowest BCUT2D eigenvalue weighted by Crippen LogP contribution is -2.36. The summed E-state index contributed by atoms with van der Waals surface area (Å²) in [6.45, 7) is 2.26. The van der Waals surface area contributed by atoms with Crippen molar-refractivity contribution < 1.29 is 22.0 Å². The second-order valence-corrected chi connectivity index (χ2v) is 4.45. The summed E-state index contributed by atoms with van der Waals surface area (Å²) in [6.07, 6.45) is -4.71. The average molecular weight is 281 g/mol.